The van der Waals surface area contributed by atoms with Crippen molar-refractivity contribution < 1.29 is 35.9 Å². The number of benzene rings is 2. The molecule has 2 fully saturated rings. The maximum atomic E-state index is 13.7. The topological polar surface area (TPSA) is 205 Å². The number of rotatable bonds is 16. The van der Waals surface area contributed by atoms with Crippen LogP contribution >= 0.6 is 0 Å². The Balaban J connectivity index is 0.000000209. The molecule has 0 atom stereocenters. The second-order valence-electron chi connectivity index (χ2n) is 18.0. The number of piperidine rings is 2. The summed E-state index contributed by atoms with van der Waals surface area (Å²) < 4.78 is 81.9. The molecule has 2 aliphatic rings. The van der Waals surface area contributed by atoms with E-state index in [1.165, 1.54) is 36.2 Å². The van der Waals surface area contributed by atoms with Crippen molar-refractivity contribution in [2.24, 2.45) is 11.5 Å². The number of alkyl halides is 6. The van der Waals surface area contributed by atoms with E-state index in [2.05, 4.69) is 81.4 Å². The lowest BCUT2D eigenvalue weighted by molar-refractivity contribution is -0.139. The van der Waals surface area contributed by atoms with E-state index in [0.717, 1.165) is 75.4 Å². The first-order chi connectivity index (χ1) is 34.0. The van der Waals surface area contributed by atoms with Crippen molar-refractivity contribution >= 4 is 11.8 Å². The lowest BCUT2D eigenvalue weighted by Gasteiger charge is -2.29. The van der Waals surface area contributed by atoms with Crippen molar-refractivity contribution in [1.82, 2.24) is 50.1 Å². The molecule has 0 bridgehead atoms. The molecule has 2 aromatic carbocycles. The van der Waals surface area contributed by atoms with Crippen molar-refractivity contribution in [3.63, 3.8) is 0 Å². The summed E-state index contributed by atoms with van der Waals surface area (Å²) in [7, 11) is 2.13. The number of hydrogen-bond donors (Lipinski definition) is 3. The number of likely N-dealkylation sites (tertiary alicyclic amines) is 1. The van der Waals surface area contributed by atoms with Gasteiger partial charge in [-0.3, -0.25) is 9.59 Å². The highest BCUT2D eigenvalue weighted by molar-refractivity contribution is 5.77. The molecule has 0 radical (unpaired) electrons. The molecular weight excluding hydrogens is 927 g/mol. The molecule has 6 heterocycles. The molecular formula is C51H56F6N12O2. The average Bonchev–Trinajstić information content (AvgIpc) is 3.34. The molecule has 6 aromatic rings. The number of nitrogens with zero attached hydrogens (tertiary/aromatic N) is 9. The Kier molecular flexibility index (Phi) is 17.5. The van der Waals surface area contributed by atoms with Gasteiger partial charge in [0.05, 0.1) is 35.4 Å². The van der Waals surface area contributed by atoms with Crippen molar-refractivity contribution in [2.45, 2.75) is 101 Å². The number of amides is 2. The van der Waals surface area contributed by atoms with Crippen LogP contribution in [0.4, 0.5) is 26.3 Å². The third-order valence-electron chi connectivity index (χ3n) is 12.8. The van der Waals surface area contributed by atoms with E-state index >= 15 is 0 Å². The predicted molar refractivity (Wildman–Crippen MR) is 252 cm³/mol. The van der Waals surface area contributed by atoms with Crippen LogP contribution in [-0.4, -0.2) is 89.8 Å². The molecule has 2 aliphatic heterocycles. The smallest absolute Gasteiger partial charge is 0.369 e. The zero-order valence-corrected chi connectivity index (χ0v) is 39.3. The molecule has 0 spiro atoms. The first-order valence-corrected chi connectivity index (χ1v) is 23.5. The van der Waals surface area contributed by atoms with Gasteiger partial charge in [0, 0.05) is 60.1 Å². The maximum Gasteiger partial charge on any atom is 0.419 e. The molecule has 0 unspecified atom stereocenters. The van der Waals surface area contributed by atoms with E-state index < -0.39 is 35.3 Å². The van der Waals surface area contributed by atoms with Gasteiger partial charge in [-0.1, -0.05) is 48.5 Å². The molecule has 14 nitrogen and oxygen atoms in total. The summed E-state index contributed by atoms with van der Waals surface area (Å²) in [5, 5.41) is 3.36. The fourth-order valence-electron chi connectivity index (χ4n) is 8.98. The second kappa shape index (κ2) is 23.9. The minimum absolute atomic E-state index is 0.0117. The normalized spacial score (nSPS) is 15.0. The quantitative estimate of drug-likeness (QED) is 0.0873. The van der Waals surface area contributed by atoms with Gasteiger partial charge < -0.3 is 21.7 Å². The maximum absolute atomic E-state index is 13.7. The van der Waals surface area contributed by atoms with Crippen molar-refractivity contribution in [2.75, 3.05) is 33.2 Å². The molecule has 5 N–H and O–H groups in total. The van der Waals surface area contributed by atoms with Gasteiger partial charge in [-0.2, -0.15) is 26.3 Å². The van der Waals surface area contributed by atoms with Crippen molar-refractivity contribution in [1.29, 1.82) is 0 Å². The summed E-state index contributed by atoms with van der Waals surface area (Å²) in [5.41, 5.74) is 15.0. The molecule has 71 heavy (non-hydrogen) atoms. The lowest BCUT2D eigenvalue weighted by Crippen LogP contribution is -2.29. The van der Waals surface area contributed by atoms with Crippen LogP contribution in [0.5, 0.6) is 0 Å². The van der Waals surface area contributed by atoms with E-state index in [4.69, 9.17) is 11.5 Å². The number of aromatic nitrogens is 8. The largest absolute Gasteiger partial charge is 0.419 e. The van der Waals surface area contributed by atoms with Crippen LogP contribution in [0, 0.1) is 0 Å². The highest BCUT2D eigenvalue weighted by Gasteiger charge is 2.36. The first kappa shape index (κ1) is 52.0. The summed E-state index contributed by atoms with van der Waals surface area (Å²) in [4.78, 5) is 57.6. The van der Waals surface area contributed by atoms with Crippen LogP contribution in [0.15, 0.2) is 86.0 Å². The summed E-state index contributed by atoms with van der Waals surface area (Å²) in [6.07, 6.45) is 3.30. The van der Waals surface area contributed by atoms with Gasteiger partial charge in [-0.25, -0.2) is 39.9 Å². The zero-order chi connectivity index (χ0) is 50.5. The number of carbonyl (C=O) groups excluding carboxylic acids is 2. The highest BCUT2D eigenvalue weighted by Crippen LogP contribution is 2.34. The number of primary amides is 2. The zero-order valence-electron chi connectivity index (χ0n) is 39.3. The molecule has 374 valence electrons. The van der Waals surface area contributed by atoms with E-state index in [0.29, 0.717) is 58.8 Å². The van der Waals surface area contributed by atoms with E-state index in [1.54, 1.807) is 0 Å². The second-order valence-corrected chi connectivity index (χ2v) is 18.0. The predicted octanol–water partition coefficient (Wildman–Crippen LogP) is 6.65. The minimum atomic E-state index is -4.58. The van der Waals surface area contributed by atoms with Crippen LogP contribution < -0.4 is 16.8 Å². The summed E-state index contributed by atoms with van der Waals surface area (Å²) in [6.45, 7) is 4.17. The molecule has 20 heteroatoms. The lowest BCUT2D eigenvalue weighted by atomic mass is 9.89. The Morgan fingerprint density at radius 3 is 1.37 bits per heavy atom. The van der Waals surface area contributed by atoms with Crippen LogP contribution in [0.2, 0.25) is 0 Å². The van der Waals surface area contributed by atoms with Crippen LogP contribution in [-0.2, 0) is 73.3 Å². The van der Waals surface area contributed by atoms with Gasteiger partial charge >= 0.3 is 12.4 Å². The van der Waals surface area contributed by atoms with Gasteiger partial charge in [-0.05, 0) is 119 Å². The Bertz CT molecular complexity index is 2720. The van der Waals surface area contributed by atoms with Crippen molar-refractivity contribution in [3.8, 4) is 0 Å². The summed E-state index contributed by atoms with van der Waals surface area (Å²) >= 11 is 0. The average molecular weight is 983 g/mol. The minimum Gasteiger partial charge on any atom is -0.369 e. The number of aryl methyl sites for hydroxylation is 4. The van der Waals surface area contributed by atoms with E-state index in [-0.39, 0.29) is 49.9 Å². The SMILES string of the molecule is CN1CCC(c2ccc(Cc3ncc(C(F)(F)F)c(CCc4ncncc4CC(N)=O)n3)cc2)CC1.NC(=O)Cc1cncnc1CCc1nc(Cc2ccc(C3CCNCC3)cc2)ncc1C(F)(F)F. The molecule has 4 aromatic heterocycles. The molecule has 2 amide bonds. The van der Waals surface area contributed by atoms with Crippen molar-refractivity contribution in [3.05, 3.63) is 165 Å². The number of hydrogen-bond acceptors (Lipinski definition) is 12. The number of halogens is 6. The standard InChI is InChI=1S/C26H29F3N6O.C25H27F3N6O/c1-35-10-8-19(9-11-35)18-4-2-17(3-5-18)12-25-32-15-21(26(27,28)29)23(34-25)7-6-22-20(13-24(30)36)14-31-16-33-22;26-25(27,28)20-14-32-24(11-16-1-3-17(4-2-16)18-7-9-30-10-8-18)34-22(20)6-5-21-19(12-23(29)35)13-31-15-33-21/h2-5,14-16,19H,6-13H2,1H3,(H2,30,36);1-4,13-15,18,30H,5-12H2,(H2,29,35). The highest BCUT2D eigenvalue weighted by atomic mass is 19.4. The first-order valence-electron chi connectivity index (χ1n) is 23.5. The number of nitrogens with one attached hydrogen (secondary N) is 1. The van der Waals surface area contributed by atoms with Crippen LogP contribution in [0.1, 0.15) is 116 Å². The van der Waals surface area contributed by atoms with E-state index in [1.807, 2.05) is 24.3 Å². The third-order valence-corrected chi connectivity index (χ3v) is 12.8. The van der Waals surface area contributed by atoms with Crippen LogP contribution in [0.3, 0.4) is 0 Å². The van der Waals surface area contributed by atoms with E-state index in [9.17, 15) is 35.9 Å². The van der Waals surface area contributed by atoms with Gasteiger partial charge in [0.15, 0.2) is 0 Å². The fourth-order valence-corrected chi connectivity index (χ4v) is 8.98. The molecule has 8 rings (SSSR count). The third kappa shape index (κ3) is 15.1. The Hall–Kier alpha value is -6.80. The van der Waals surface area contributed by atoms with Crippen LogP contribution in [0.25, 0.3) is 0 Å². The molecule has 0 aliphatic carbocycles. The number of carbonyl (C=O) groups is 2. The Labute approximate surface area is 407 Å². The fraction of sp³-hybridized carbons (Fsp3) is 0.412. The summed E-state index contributed by atoms with van der Waals surface area (Å²) in [5.74, 6) is 0.583. The van der Waals surface area contributed by atoms with Gasteiger partial charge in [0.1, 0.15) is 24.3 Å². The summed E-state index contributed by atoms with van der Waals surface area (Å²) in [6, 6.07) is 16.4. The number of nitrogens with two attached hydrogens (primary N) is 2. The molecule has 2 saturated heterocycles. The Morgan fingerprint density at radius 2 is 0.972 bits per heavy atom. The monoisotopic (exact) mass is 982 g/mol. The van der Waals surface area contributed by atoms with Gasteiger partial charge in [0.25, 0.3) is 0 Å². The molecule has 0 saturated carbocycles. The van der Waals surface area contributed by atoms with Gasteiger partial charge in [0.2, 0.25) is 11.8 Å². The Morgan fingerprint density at radius 1 is 0.577 bits per heavy atom. The van der Waals surface area contributed by atoms with Gasteiger partial charge in [-0.15, -0.1) is 0 Å².